The molecule has 3 aromatic carbocycles. The Hall–Kier alpha value is -4.05. The summed E-state index contributed by atoms with van der Waals surface area (Å²) in [6, 6.07) is 17.2. The number of esters is 1. The maximum absolute atomic E-state index is 12.9. The molecule has 0 saturated carbocycles. The van der Waals surface area contributed by atoms with Crippen LogP contribution in [0, 0.1) is 0 Å². The smallest absolute Gasteiger partial charge is 0.337 e. The van der Waals surface area contributed by atoms with E-state index in [4.69, 9.17) is 9.47 Å². The lowest BCUT2D eigenvalue weighted by atomic mass is 10.1. The molecule has 0 aliphatic rings. The van der Waals surface area contributed by atoms with E-state index in [1.165, 1.54) is 43.5 Å². The summed E-state index contributed by atoms with van der Waals surface area (Å²) >= 11 is 0. The summed E-state index contributed by atoms with van der Waals surface area (Å²) in [4.78, 5) is 24.5. The summed E-state index contributed by atoms with van der Waals surface area (Å²) in [7, 11) is 0.239. The first kappa shape index (κ1) is 25.6. The zero-order valence-electron chi connectivity index (χ0n) is 19.5. The van der Waals surface area contributed by atoms with Crippen LogP contribution < -0.4 is 19.5 Å². The van der Waals surface area contributed by atoms with E-state index in [0.717, 1.165) is 5.56 Å². The van der Waals surface area contributed by atoms with Crippen molar-refractivity contribution in [2.24, 2.45) is 0 Å². The molecule has 0 fully saturated rings. The second kappa shape index (κ2) is 11.4. The minimum Gasteiger partial charge on any atom is -0.493 e. The van der Waals surface area contributed by atoms with Crippen LogP contribution in [0.2, 0.25) is 0 Å². The summed E-state index contributed by atoms with van der Waals surface area (Å²) in [5.41, 5.74) is 1.30. The number of para-hydroxylation sites is 1. The molecular weight excluding hydrogens is 472 g/mol. The lowest BCUT2D eigenvalue weighted by Crippen LogP contribution is -2.27. The molecule has 184 valence electrons. The first-order chi connectivity index (χ1) is 16.8. The molecule has 0 aliphatic heterocycles. The number of carbonyl (C=O) groups is 2. The number of methoxy groups -OCH3 is 3. The third kappa shape index (κ3) is 6.30. The molecule has 2 N–H and O–H groups in total. The number of ether oxygens (including phenoxy) is 3. The Labute approximate surface area is 204 Å². The highest BCUT2D eigenvalue weighted by Gasteiger charge is 2.20. The number of hydrogen-bond donors (Lipinski definition) is 2. The van der Waals surface area contributed by atoms with Crippen molar-refractivity contribution in [2.45, 2.75) is 11.3 Å². The van der Waals surface area contributed by atoms with Gasteiger partial charge in [-0.2, -0.15) is 0 Å². The van der Waals surface area contributed by atoms with Gasteiger partial charge >= 0.3 is 5.97 Å². The molecule has 0 unspecified atom stereocenters. The number of sulfonamides is 1. The first-order valence-electron chi connectivity index (χ1n) is 10.6. The molecule has 1 amide bonds. The zero-order chi connectivity index (χ0) is 25.4. The van der Waals surface area contributed by atoms with Crippen molar-refractivity contribution >= 4 is 27.6 Å². The Morgan fingerprint density at radius 1 is 0.857 bits per heavy atom. The number of carbonyl (C=O) groups excluding carboxylic acids is 2. The molecule has 0 heterocycles. The molecule has 3 rings (SSSR count). The number of anilines is 1. The third-order valence-corrected chi connectivity index (χ3v) is 6.49. The fourth-order valence-electron chi connectivity index (χ4n) is 3.33. The van der Waals surface area contributed by atoms with E-state index in [2.05, 4.69) is 14.8 Å². The number of nitrogens with one attached hydrogen (secondary N) is 2. The molecule has 0 saturated heterocycles. The van der Waals surface area contributed by atoms with Gasteiger partial charge in [0.2, 0.25) is 0 Å². The van der Waals surface area contributed by atoms with Gasteiger partial charge in [-0.25, -0.2) is 13.2 Å². The standard InChI is InChI=1S/C25H26N2O7S/c1-32-22-12-11-17(15-23(22)33-2)13-14-26-24(28)20-9-4-5-10-21(20)27-35(30,31)19-8-6-7-18(16-19)25(29)34-3/h4-12,15-16,27H,13-14H2,1-3H3,(H,26,28). The summed E-state index contributed by atoms with van der Waals surface area (Å²) in [6.07, 6.45) is 0.528. The van der Waals surface area contributed by atoms with Crippen LogP contribution in [0.4, 0.5) is 5.69 Å². The molecule has 0 aromatic heterocycles. The van der Waals surface area contributed by atoms with Crippen LogP contribution in [-0.2, 0) is 21.2 Å². The maximum Gasteiger partial charge on any atom is 0.337 e. The fraction of sp³-hybridized carbons (Fsp3) is 0.200. The van der Waals surface area contributed by atoms with Gasteiger partial charge < -0.3 is 19.5 Å². The Morgan fingerprint density at radius 3 is 2.31 bits per heavy atom. The first-order valence-corrected chi connectivity index (χ1v) is 12.1. The van der Waals surface area contributed by atoms with Gasteiger partial charge in [0.05, 0.1) is 43.0 Å². The highest BCUT2D eigenvalue weighted by Crippen LogP contribution is 2.27. The predicted octanol–water partition coefficient (Wildman–Crippen LogP) is 3.26. The number of amides is 1. The quantitative estimate of drug-likeness (QED) is 0.412. The minimum atomic E-state index is -4.07. The highest BCUT2D eigenvalue weighted by atomic mass is 32.2. The van der Waals surface area contributed by atoms with Crippen LogP contribution >= 0.6 is 0 Å². The van der Waals surface area contributed by atoms with Crippen LogP contribution in [0.15, 0.2) is 71.6 Å². The topological polar surface area (TPSA) is 120 Å². The van der Waals surface area contributed by atoms with Crippen molar-refractivity contribution in [1.82, 2.24) is 5.32 Å². The van der Waals surface area contributed by atoms with Crippen LogP contribution in [0.3, 0.4) is 0 Å². The van der Waals surface area contributed by atoms with Crippen LogP contribution in [0.25, 0.3) is 0 Å². The van der Waals surface area contributed by atoms with Gasteiger partial charge in [0.1, 0.15) is 0 Å². The Morgan fingerprint density at radius 2 is 1.60 bits per heavy atom. The van der Waals surface area contributed by atoms with Crippen molar-refractivity contribution < 1.29 is 32.2 Å². The number of rotatable bonds is 10. The average molecular weight is 499 g/mol. The lowest BCUT2D eigenvalue weighted by Gasteiger charge is -2.14. The Kier molecular flexibility index (Phi) is 8.32. The second-order valence-corrected chi connectivity index (χ2v) is 9.05. The van der Waals surface area contributed by atoms with Gasteiger partial charge in [-0.3, -0.25) is 9.52 Å². The summed E-state index contributed by atoms with van der Waals surface area (Å²) in [5.74, 6) is 0.106. The van der Waals surface area contributed by atoms with E-state index in [0.29, 0.717) is 24.5 Å². The number of benzene rings is 3. The van der Waals surface area contributed by atoms with E-state index < -0.39 is 21.9 Å². The second-order valence-electron chi connectivity index (χ2n) is 7.37. The molecule has 0 atom stereocenters. The Balaban J connectivity index is 1.72. The summed E-state index contributed by atoms with van der Waals surface area (Å²) in [6.45, 7) is 0.316. The van der Waals surface area contributed by atoms with E-state index in [-0.39, 0.29) is 21.7 Å². The van der Waals surface area contributed by atoms with Crippen LogP contribution in [0.1, 0.15) is 26.3 Å². The van der Waals surface area contributed by atoms with Crippen molar-refractivity contribution in [1.29, 1.82) is 0 Å². The van der Waals surface area contributed by atoms with Gasteiger partial charge in [0, 0.05) is 6.54 Å². The molecule has 10 heteroatoms. The SMILES string of the molecule is COC(=O)c1cccc(S(=O)(=O)Nc2ccccc2C(=O)NCCc2ccc(OC)c(OC)c2)c1. The van der Waals surface area contributed by atoms with E-state index >= 15 is 0 Å². The maximum atomic E-state index is 12.9. The zero-order valence-corrected chi connectivity index (χ0v) is 20.3. The average Bonchev–Trinajstić information content (AvgIpc) is 2.88. The predicted molar refractivity (Wildman–Crippen MR) is 131 cm³/mol. The number of hydrogen-bond acceptors (Lipinski definition) is 7. The molecule has 3 aromatic rings. The fourth-order valence-corrected chi connectivity index (χ4v) is 4.46. The summed E-state index contributed by atoms with van der Waals surface area (Å²) in [5, 5.41) is 2.80. The monoisotopic (exact) mass is 498 g/mol. The van der Waals surface area contributed by atoms with Crippen LogP contribution in [0.5, 0.6) is 11.5 Å². The molecule has 0 radical (unpaired) electrons. The van der Waals surface area contributed by atoms with Gasteiger partial charge in [-0.15, -0.1) is 0 Å². The van der Waals surface area contributed by atoms with Gasteiger partial charge in [-0.1, -0.05) is 24.3 Å². The van der Waals surface area contributed by atoms with Gasteiger partial charge in [-0.05, 0) is 54.4 Å². The van der Waals surface area contributed by atoms with Crippen molar-refractivity contribution in [3.63, 3.8) is 0 Å². The normalized spacial score (nSPS) is 10.8. The summed E-state index contributed by atoms with van der Waals surface area (Å²) < 4.78 is 43.5. The van der Waals surface area contributed by atoms with Crippen molar-refractivity contribution in [2.75, 3.05) is 32.6 Å². The highest BCUT2D eigenvalue weighted by molar-refractivity contribution is 7.92. The van der Waals surface area contributed by atoms with Crippen molar-refractivity contribution in [3.8, 4) is 11.5 Å². The van der Waals surface area contributed by atoms with Gasteiger partial charge in [0.25, 0.3) is 15.9 Å². The van der Waals surface area contributed by atoms with Crippen LogP contribution in [-0.4, -0.2) is 48.2 Å². The molecular formula is C25H26N2O7S. The third-order valence-electron chi connectivity index (χ3n) is 5.13. The minimum absolute atomic E-state index is 0.0940. The molecule has 9 nitrogen and oxygen atoms in total. The molecule has 0 spiro atoms. The van der Waals surface area contributed by atoms with E-state index in [1.54, 1.807) is 32.4 Å². The Bertz CT molecular complexity index is 1320. The van der Waals surface area contributed by atoms with E-state index in [1.807, 2.05) is 12.1 Å². The molecule has 0 bridgehead atoms. The lowest BCUT2D eigenvalue weighted by molar-refractivity contribution is 0.0600. The van der Waals surface area contributed by atoms with E-state index in [9.17, 15) is 18.0 Å². The largest absolute Gasteiger partial charge is 0.493 e. The molecule has 35 heavy (non-hydrogen) atoms. The van der Waals surface area contributed by atoms with Gasteiger partial charge in [0.15, 0.2) is 11.5 Å². The molecule has 0 aliphatic carbocycles. The van der Waals surface area contributed by atoms with Crippen molar-refractivity contribution in [3.05, 3.63) is 83.4 Å².